The first-order chi connectivity index (χ1) is 11.0. The van der Waals surface area contributed by atoms with E-state index in [4.69, 9.17) is 9.47 Å². The third kappa shape index (κ3) is 4.92. The van der Waals surface area contributed by atoms with Gasteiger partial charge in [0.05, 0.1) is 17.0 Å². The molecule has 0 radical (unpaired) electrons. The van der Waals surface area contributed by atoms with E-state index >= 15 is 0 Å². The van der Waals surface area contributed by atoms with Gasteiger partial charge in [0.15, 0.2) is 6.61 Å². The molecule has 1 aromatic rings. The van der Waals surface area contributed by atoms with Gasteiger partial charge in [0.25, 0.3) is 5.91 Å². The fraction of sp³-hybridized carbons (Fsp3) is 0.500. The number of hydrogen-bond acceptors (Lipinski definition) is 4. The second-order valence-corrected chi connectivity index (χ2v) is 6.12. The third-order valence-electron chi connectivity index (χ3n) is 3.71. The summed E-state index contributed by atoms with van der Waals surface area (Å²) in [5, 5.41) is 0. The van der Waals surface area contributed by atoms with E-state index in [0.717, 1.165) is 0 Å². The second kappa shape index (κ2) is 8.29. The standard InChI is InChI=1S/C16H19BrFNO4/c1-2-22-16(21)11-5-7-19(8-6-11)15(20)10-23-14-4-3-12(18)9-13(14)17/h3-4,9,11H,2,5-8,10H2,1H3. The van der Waals surface area contributed by atoms with Gasteiger partial charge in [-0.3, -0.25) is 9.59 Å². The van der Waals surface area contributed by atoms with Gasteiger partial charge in [-0.2, -0.15) is 0 Å². The number of hydrogen-bond donors (Lipinski definition) is 0. The summed E-state index contributed by atoms with van der Waals surface area (Å²) in [5.74, 6) is -0.432. The molecule has 1 aromatic carbocycles. The van der Waals surface area contributed by atoms with Crippen LogP contribution in [0, 0.1) is 11.7 Å². The number of ether oxygens (including phenoxy) is 2. The number of esters is 1. The predicted octanol–water partition coefficient (Wildman–Crippen LogP) is 2.77. The molecular formula is C16H19BrFNO4. The Balaban J connectivity index is 1.80. The van der Waals surface area contributed by atoms with Gasteiger partial charge >= 0.3 is 5.97 Å². The summed E-state index contributed by atoms with van der Waals surface area (Å²) in [6.45, 7) is 3.06. The van der Waals surface area contributed by atoms with Crippen LogP contribution in [0.15, 0.2) is 22.7 Å². The van der Waals surface area contributed by atoms with Gasteiger partial charge in [-0.25, -0.2) is 4.39 Å². The summed E-state index contributed by atoms with van der Waals surface area (Å²) in [4.78, 5) is 25.5. The quantitative estimate of drug-likeness (QED) is 0.728. The zero-order valence-electron chi connectivity index (χ0n) is 12.9. The normalized spacial score (nSPS) is 15.3. The summed E-state index contributed by atoms with van der Waals surface area (Å²) in [6, 6.07) is 4.03. The molecule has 0 unspecified atom stereocenters. The first-order valence-electron chi connectivity index (χ1n) is 7.53. The van der Waals surface area contributed by atoms with E-state index in [1.54, 1.807) is 11.8 Å². The zero-order chi connectivity index (χ0) is 16.8. The molecule has 0 aromatic heterocycles. The number of rotatable bonds is 5. The molecule has 0 N–H and O–H groups in total. The number of likely N-dealkylation sites (tertiary alicyclic amines) is 1. The average molecular weight is 388 g/mol. The Hall–Kier alpha value is -1.63. The third-order valence-corrected chi connectivity index (χ3v) is 4.33. The van der Waals surface area contributed by atoms with Crippen molar-refractivity contribution in [3.05, 3.63) is 28.5 Å². The Morgan fingerprint density at radius 3 is 2.65 bits per heavy atom. The Kier molecular flexibility index (Phi) is 6.38. The Morgan fingerprint density at radius 1 is 1.35 bits per heavy atom. The number of amides is 1. The number of carbonyl (C=O) groups is 2. The van der Waals surface area contributed by atoms with Gasteiger partial charge < -0.3 is 14.4 Å². The molecule has 1 fully saturated rings. The second-order valence-electron chi connectivity index (χ2n) is 5.27. The SMILES string of the molecule is CCOC(=O)C1CCN(C(=O)COc2ccc(F)cc2Br)CC1. The summed E-state index contributed by atoms with van der Waals surface area (Å²) >= 11 is 3.19. The topological polar surface area (TPSA) is 55.8 Å². The maximum absolute atomic E-state index is 13.0. The number of piperidine rings is 1. The Bertz CT molecular complexity index is 573. The van der Waals surface area contributed by atoms with Crippen molar-refractivity contribution in [2.75, 3.05) is 26.3 Å². The van der Waals surface area contributed by atoms with Crippen LogP contribution in [-0.4, -0.2) is 43.1 Å². The van der Waals surface area contributed by atoms with Crippen LogP contribution in [0.25, 0.3) is 0 Å². The van der Waals surface area contributed by atoms with E-state index in [9.17, 15) is 14.0 Å². The van der Waals surface area contributed by atoms with Gasteiger partial charge in [-0.1, -0.05) is 0 Å². The first-order valence-corrected chi connectivity index (χ1v) is 8.32. The zero-order valence-corrected chi connectivity index (χ0v) is 14.5. The van der Waals surface area contributed by atoms with E-state index in [0.29, 0.717) is 42.8 Å². The number of halogens is 2. The molecule has 0 aliphatic carbocycles. The van der Waals surface area contributed by atoms with Crippen molar-refractivity contribution in [2.45, 2.75) is 19.8 Å². The van der Waals surface area contributed by atoms with Crippen LogP contribution in [0.5, 0.6) is 5.75 Å². The molecule has 7 heteroatoms. The van der Waals surface area contributed by atoms with Crippen molar-refractivity contribution < 1.29 is 23.5 Å². The van der Waals surface area contributed by atoms with Crippen molar-refractivity contribution >= 4 is 27.8 Å². The maximum atomic E-state index is 13.0. The minimum Gasteiger partial charge on any atom is -0.483 e. The van der Waals surface area contributed by atoms with E-state index in [2.05, 4.69) is 15.9 Å². The average Bonchev–Trinajstić information content (AvgIpc) is 2.54. The lowest BCUT2D eigenvalue weighted by Gasteiger charge is -2.30. The number of carbonyl (C=O) groups excluding carboxylic acids is 2. The highest BCUT2D eigenvalue weighted by molar-refractivity contribution is 9.10. The van der Waals surface area contributed by atoms with Crippen LogP contribution in [-0.2, 0) is 14.3 Å². The molecule has 1 aliphatic heterocycles. The van der Waals surface area contributed by atoms with Crippen molar-refractivity contribution in [1.82, 2.24) is 4.90 Å². The largest absolute Gasteiger partial charge is 0.483 e. The summed E-state index contributed by atoms with van der Waals surface area (Å²) < 4.78 is 23.9. The summed E-state index contributed by atoms with van der Waals surface area (Å²) in [5.41, 5.74) is 0. The van der Waals surface area contributed by atoms with Gasteiger partial charge in [-0.05, 0) is 53.9 Å². The lowest BCUT2D eigenvalue weighted by molar-refractivity contribution is -0.151. The predicted molar refractivity (Wildman–Crippen MR) is 85.5 cm³/mol. The molecule has 1 saturated heterocycles. The Morgan fingerprint density at radius 2 is 2.04 bits per heavy atom. The van der Waals surface area contributed by atoms with Crippen molar-refractivity contribution in [3.63, 3.8) is 0 Å². The maximum Gasteiger partial charge on any atom is 0.309 e. The number of benzene rings is 1. The van der Waals surface area contributed by atoms with Gasteiger partial charge in [-0.15, -0.1) is 0 Å². The van der Waals surface area contributed by atoms with E-state index in [1.165, 1.54) is 18.2 Å². The van der Waals surface area contributed by atoms with E-state index < -0.39 is 0 Å². The highest BCUT2D eigenvalue weighted by Crippen LogP contribution is 2.25. The molecule has 0 saturated carbocycles. The molecule has 1 aliphatic rings. The van der Waals surface area contributed by atoms with E-state index in [-0.39, 0.29) is 30.2 Å². The van der Waals surface area contributed by atoms with Crippen LogP contribution in [0.2, 0.25) is 0 Å². The van der Waals surface area contributed by atoms with Crippen molar-refractivity contribution in [2.24, 2.45) is 5.92 Å². The van der Waals surface area contributed by atoms with Crippen LogP contribution in [0.1, 0.15) is 19.8 Å². The number of nitrogens with zero attached hydrogens (tertiary/aromatic N) is 1. The first kappa shape index (κ1) is 17.7. The summed E-state index contributed by atoms with van der Waals surface area (Å²) in [6.07, 6.45) is 1.20. The minimum absolute atomic E-state index is 0.117. The molecule has 126 valence electrons. The fourth-order valence-corrected chi connectivity index (χ4v) is 2.91. The smallest absolute Gasteiger partial charge is 0.309 e. The molecule has 1 heterocycles. The molecule has 0 spiro atoms. The van der Waals surface area contributed by atoms with E-state index in [1.807, 2.05) is 0 Å². The molecule has 23 heavy (non-hydrogen) atoms. The van der Waals surface area contributed by atoms with Crippen LogP contribution in [0.4, 0.5) is 4.39 Å². The van der Waals surface area contributed by atoms with Gasteiger partial charge in [0, 0.05) is 13.1 Å². The highest BCUT2D eigenvalue weighted by Gasteiger charge is 2.28. The lowest BCUT2D eigenvalue weighted by atomic mass is 9.97. The monoisotopic (exact) mass is 387 g/mol. The van der Waals surface area contributed by atoms with Crippen LogP contribution >= 0.6 is 15.9 Å². The minimum atomic E-state index is -0.378. The molecular weight excluding hydrogens is 369 g/mol. The molecule has 0 atom stereocenters. The molecule has 5 nitrogen and oxygen atoms in total. The van der Waals surface area contributed by atoms with Crippen LogP contribution < -0.4 is 4.74 Å². The Labute approximate surface area is 142 Å². The van der Waals surface area contributed by atoms with Gasteiger partial charge in [0.2, 0.25) is 0 Å². The van der Waals surface area contributed by atoms with Crippen molar-refractivity contribution in [3.8, 4) is 5.75 Å². The molecule has 2 rings (SSSR count). The van der Waals surface area contributed by atoms with Gasteiger partial charge in [0.1, 0.15) is 11.6 Å². The summed E-state index contributed by atoms with van der Waals surface area (Å²) in [7, 11) is 0. The fourth-order valence-electron chi connectivity index (χ4n) is 2.45. The van der Waals surface area contributed by atoms with Crippen molar-refractivity contribution in [1.29, 1.82) is 0 Å². The molecule has 0 bridgehead atoms. The van der Waals surface area contributed by atoms with Crippen LogP contribution in [0.3, 0.4) is 0 Å². The molecule has 1 amide bonds. The highest BCUT2D eigenvalue weighted by atomic mass is 79.9. The lowest BCUT2D eigenvalue weighted by Crippen LogP contribution is -2.42.